The molecule has 0 unspecified atom stereocenters. The third-order valence-electron chi connectivity index (χ3n) is 5.71. The minimum atomic E-state index is -3.88. The Morgan fingerprint density at radius 1 is 1.03 bits per heavy atom. The van der Waals surface area contributed by atoms with Gasteiger partial charge in [0.15, 0.2) is 5.38 Å². The highest BCUT2D eigenvalue weighted by Crippen LogP contribution is 2.35. The molecule has 6 nitrogen and oxygen atoms in total. The lowest BCUT2D eigenvalue weighted by atomic mass is 10.1. The molecule has 0 radical (unpaired) electrons. The molecule has 172 valence electrons. The molecule has 1 aliphatic carbocycles. The van der Waals surface area contributed by atoms with Gasteiger partial charge in [0.2, 0.25) is 10.0 Å². The monoisotopic (exact) mass is 485 g/mol. The van der Waals surface area contributed by atoms with Crippen molar-refractivity contribution in [3.8, 4) is 0 Å². The van der Waals surface area contributed by atoms with E-state index in [4.69, 9.17) is 16.3 Å². The van der Waals surface area contributed by atoms with E-state index in [9.17, 15) is 18.3 Å². The molecule has 4 rings (SSSR count). The predicted molar refractivity (Wildman–Crippen MR) is 125 cm³/mol. The maximum Gasteiger partial charge on any atom is 0.327 e. The third-order valence-corrected chi connectivity index (χ3v) is 7.58. The lowest BCUT2D eigenvalue weighted by Crippen LogP contribution is -2.38. The number of alkyl halides is 1. The summed E-state index contributed by atoms with van der Waals surface area (Å²) in [6.45, 7) is 1.87. The number of ether oxygens (including phenoxy) is 1. The van der Waals surface area contributed by atoms with Crippen LogP contribution in [0.4, 0.5) is 0 Å². The van der Waals surface area contributed by atoms with E-state index in [1.165, 1.54) is 12.1 Å². The van der Waals surface area contributed by atoms with Crippen LogP contribution in [-0.4, -0.2) is 31.0 Å². The van der Waals surface area contributed by atoms with Gasteiger partial charge >= 0.3 is 5.97 Å². The molecule has 0 saturated carbocycles. The van der Waals surface area contributed by atoms with Crippen LogP contribution < -0.4 is 4.72 Å². The van der Waals surface area contributed by atoms with Crippen LogP contribution in [0.3, 0.4) is 0 Å². The second kappa shape index (κ2) is 9.65. The Balaban J connectivity index is 1.55. The van der Waals surface area contributed by atoms with E-state index in [1.807, 2.05) is 25.1 Å². The van der Waals surface area contributed by atoms with E-state index in [2.05, 4.69) is 4.72 Å². The second-order valence-corrected chi connectivity index (χ2v) is 10.2. The van der Waals surface area contributed by atoms with Crippen LogP contribution in [-0.2, 0) is 26.0 Å². The summed E-state index contributed by atoms with van der Waals surface area (Å²) >= 11 is 6.23. The number of sulfonamides is 1. The fourth-order valence-corrected chi connectivity index (χ4v) is 5.36. The number of benzene rings is 3. The molecule has 0 amide bonds. The molecule has 0 fully saturated rings. The Morgan fingerprint density at radius 2 is 1.67 bits per heavy atom. The maximum absolute atomic E-state index is 13.1. The van der Waals surface area contributed by atoms with Crippen molar-refractivity contribution in [1.82, 2.24) is 4.72 Å². The average molecular weight is 486 g/mol. The van der Waals surface area contributed by atoms with Crippen LogP contribution in [0.25, 0.3) is 0 Å². The van der Waals surface area contributed by atoms with E-state index in [1.54, 1.807) is 48.5 Å². The van der Waals surface area contributed by atoms with Gasteiger partial charge in [0.05, 0.1) is 10.9 Å². The van der Waals surface area contributed by atoms with Gasteiger partial charge in [-0.05, 0) is 35.7 Å². The van der Waals surface area contributed by atoms with Crippen molar-refractivity contribution in [3.05, 3.63) is 101 Å². The van der Waals surface area contributed by atoms with Crippen molar-refractivity contribution >= 4 is 27.6 Å². The fraction of sp³-hybridized carbons (Fsp3) is 0.240. The highest BCUT2D eigenvalue weighted by molar-refractivity contribution is 7.89. The van der Waals surface area contributed by atoms with Gasteiger partial charge in [0.1, 0.15) is 12.2 Å². The number of esters is 1. The second-order valence-electron chi connectivity index (χ2n) is 8.05. The number of carbonyl (C=O) groups is 1. The minimum Gasteiger partial charge on any atom is -0.459 e. The van der Waals surface area contributed by atoms with Crippen molar-refractivity contribution in [2.45, 2.75) is 41.9 Å². The number of aliphatic hydroxyl groups is 1. The number of aryl methyl sites for hydroxylation is 1. The molecule has 33 heavy (non-hydrogen) atoms. The summed E-state index contributed by atoms with van der Waals surface area (Å²) in [5, 5.41) is 9.14. The third kappa shape index (κ3) is 5.12. The Bertz CT molecular complexity index is 1230. The number of rotatable bonds is 7. The summed E-state index contributed by atoms with van der Waals surface area (Å²) in [6, 6.07) is 21.6. The van der Waals surface area contributed by atoms with E-state index in [0.29, 0.717) is 12.0 Å². The summed E-state index contributed by atoms with van der Waals surface area (Å²) < 4.78 is 34.4. The first-order valence-corrected chi connectivity index (χ1v) is 12.4. The number of halogens is 1. The number of carbonyl (C=O) groups excluding carboxylic acids is 1. The van der Waals surface area contributed by atoms with Gasteiger partial charge in [0.25, 0.3) is 0 Å². The molecular weight excluding hydrogens is 462 g/mol. The highest BCUT2D eigenvalue weighted by atomic mass is 35.5. The molecule has 0 heterocycles. The lowest BCUT2D eigenvalue weighted by Gasteiger charge is -2.24. The molecule has 0 aromatic heterocycles. The molecule has 0 bridgehead atoms. The Labute approximate surface area is 198 Å². The highest BCUT2D eigenvalue weighted by Gasteiger charge is 2.40. The Kier molecular flexibility index (Phi) is 6.86. The zero-order chi connectivity index (χ0) is 23.6. The molecule has 0 aliphatic heterocycles. The molecule has 0 spiro atoms. The van der Waals surface area contributed by atoms with Gasteiger partial charge in [-0.3, -0.25) is 4.79 Å². The van der Waals surface area contributed by atoms with Gasteiger partial charge in [0, 0.05) is 6.42 Å². The van der Waals surface area contributed by atoms with E-state index in [-0.39, 0.29) is 4.90 Å². The van der Waals surface area contributed by atoms with Crippen molar-refractivity contribution in [3.63, 3.8) is 0 Å². The van der Waals surface area contributed by atoms with Gasteiger partial charge < -0.3 is 9.84 Å². The molecular formula is C25H24ClNO5S. The quantitative estimate of drug-likeness (QED) is 0.392. The van der Waals surface area contributed by atoms with Crippen molar-refractivity contribution in [2.75, 3.05) is 0 Å². The summed E-state index contributed by atoms with van der Waals surface area (Å²) in [4.78, 5) is 12.9. The molecule has 4 atom stereocenters. The Hall–Kier alpha value is -2.71. The minimum absolute atomic E-state index is 0.122. The van der Waals surface area contributed by atoms with Gasteiger partial charge in [-0.15, -0.1) is 11.6 Å². The number of fused-ring (bicyclic) bond motifs is 1. The first kappa shape index (κ1) is 23.4. The zero-order valence-electron chi connectivity index (χ0n) is 17.9. The predicted octanol–water partition coefficient (Wildman–Crippen LogP) is 3.82. The lowest BCUT2D eigenvalue weighted by molar-refractivity contribution is -0.151. The standard InChI is InChI=1S/C25H24ClNO5S/c1-16-11-13-19(14-12-16)33(30,31)27-23-20-10-6-5-9-18(20)15-21(23)32-25(29)22(26)24(28)17-7-3-2-4-8-17/h2-14,21-24,27-28H,15H2,1H3/t21-,22+,23+,24+/m0/s1. The smallest absolute Gasteiger partial charge is 0.327 e. The molecule has 2 N–H and O–H groups in total. The van der Waals surface area contributed by atoms with Crippen molar-refractivity contribution in [2.24, 2.45) is 0 Å². The summed E-state index contributed by atoms with van der Waals surface area (Å²) in [5.41, 5.74) is 3.04. The topological polar surface area (TPSA) is 92.7 Å². The SMILES string of the molecule is Cc1ccc(S(=O)(=O)N[C@@H]2c3ccccc3C[C@@H]2OC(=O)[C@H](Cl)[C@H](O)c2ccccc2)cc1. The van der Waals surface area contributed by atoms with E-state index in [0.717, 1.165) is 16.7 Å². The fourth-order valence-electron chi connectivity index (χ4n) is 3.92. The zero-order valence-corrected chi connectivity index (χ0v) is 19.5. The summed E-state index contributed by atoms with van der Waals surface area (Å²) in [6.07, 6.45) is -1.74. The van der Waals surface area contributed by atoms with Crippen LogP contribution in [0, 0.1) is 6.92 Å². The van der Waals surface area contributed by atoms with Crippen LogP contribution in [0.5, 0.6) is 0 Å². The van der Waals surface area contributed by atoms with Crippen LogP contribution >= 0.6 is 11.6 Å². The van der Waals surface area contributed by atoms with Crippen molar-refractivity contribution in [1.29, 1.82) is 0 Å². The largest absolute Gasteiger partial charge is 0.459 e. The van der Waals surface area contributed by atoms with Gasteiger partial charge in [-0.25, -0.2) is 8.42 Å². The molecule has 8 heteroatoms. The van der Waals surface area contributed by atoms with Gasteiger partial charge in [-0.2, -0.15) is 4.72 Å². The molecule has 3 aromatic carbocycles. The van der Waals surface area contributed by atoms with Crippen LogP contribution in [0.15, 0.2) is 83.8 Å². The normalized spacial score (nSPS) is 19.5. The number of nitrogens with one attached hydrogen (secondary N) is 1. The maximum atomic E-state index is 13.1. The number of hydrogen-bond donors (Lipinski definition) is 2. The molecule has 1 aliphatic rings. The Morgan fingerprint density at radius 3 is 2.36 bits per heavy atom. The van der Waals surface area contributed by atoms with E-state index < -0.39 is 39.6 Å². The molecule has 3 aromatic rings. The summed E-state index contributed by atoms with van der Waals surface area (Å²) in [7, 11) is -3.88. The first-order chi connectivity index (χ1) is 15.8. The molecule has 0 saturated heterocycles. The van der Waals surface area contributed by atoms with Crippen molar-refractivity contribution < 1.29 is 23.1 Å². The average Bonchev–Trinajstić information content (AvgIpc) is 3.15. The van der Waals surface area contributed by atoms with E-state index >= 15 is 0 Å². The van der Waals surface area contributed by atoms with Gasteiger partial charge in [-0.1, -0.05) is 72.3 Å². The van der Waals surface area contributed by atoms with Crippen LogP contribution in [0.2, 0.25) is 0 Å². The number of aliphatic hydroxyl groups excluding tert-OH is 1. The first-order valence-electron chi connectivity index (χ1n) is 10.5. The summed E-state index contributed by atoms with van der Waals surface area (Å²) in [5.74, 6) is -0.814. The number of hydrogen-bond acceptors (Lipinski definition) is 5. The van der Waals surface area contributed by atoms with Crippen LogP contribution in [0.1, 0.15) is 34.4 Å².